The predicted molar refractivity (Wildman–Crippen MR) is 67.8 cm³/mol. The Morgan fingerprint density at radius 3 is 2.59 bits per heavy atom. The van der Waals surface area contributed by atoms with Crippen LogP contribution in [0.5, 0.6) is 0 Å². The summed E-state index contributed by atoms with van der Waals surface area (Å²) in [6, 6.07) is 0. The summed E-state index contributed by atoms with van der Waals surface area (Å²) in [6.45, 7) is 0.896. The smallest absolute Gasteiger partial charge is 0.279 e. The highest BCUT2D eigenvalue weighted by Crippen LogP contribution is 2.26. The van der Waals surface area contributed by atoms with Crippen LogP contribution in [0.1, 0.15) is 38.5 Å². The van der Waals surface area contributed by atoms with E-state index in [1.807, 2.05) is 0 Å². The lowest BCUT2D eigenvalue weighted by Crippen LogP contribution is -2.39. The van der Waals surface area contributed by atoms with E-state index in [9.17, 15) is 8.42 Å². The van der Waals surface area contributed by atoms with Crippen molar-refractivity contribution >= 4 is 10.2 Å². The molecule has 0 bridgehead atoms. The van der Waals surface area contributed by atoms with Crippen LogP contribution < -0.4 is 4.72 Å². The standard InChI is InChI=1S/C11H24N2O3S/c1-13(9-4-10-14)17(15,16)12-8-7-11-5-2-3-6-11/h11-12,14H,2-10H2,1H3. The minimum Gasteiger partial charge on any atom is -0.396 e. The average molecular weight is 264 g/mol. The highest BCUT2D eigenvalue weighted by molar-refractivity contribution is 7.87. The van der Waals surface area contributed by atoms with Gasteiger partial charge in [-0.2, -0.15) is 12.7 Å². The van der Waals surface area contributed by atoms with Gasteiger partial charge in [0.2, 0.25) is 0 Å². The first kappa shape index (κ1) is 14.9. The van der Waals surface area contributed by atoms with E-state index in [1.54, 1.807) is 0 Å². The second-order valence-corrected chi connectivity index (χ2v) is 6.60. The van der Waals surface area contributed by atoms with E-state index in [1.165, 1.54) is 37.0 Å². The molecule has 0 heterocycles. The second-order valence-electron chi connectivity index (χ2n) is 4.74. The largest absolute Gasteiger partial charge is 0.396 e. The molecular formula is C11H24N2O3S. The van der Waals surface area contributed by atoms with Gasteiger partial charge in [-0.1, -0.05) is 25.7 Å². The lowest BCUT2D eigenvalue weighted by molar-refractivity contribution is 0.275. The molecule has 0 aromatic heterocycles. The summed E-state index contributed by atoms with van der Waals surface area (Å²) >= 11 is 0. The number of aliphatic hydroxyl groups is 1. The van der Waals surface area contributed by atoms with Crippen molar-refractivity contribution in [3.8, 4) is 0 Å². The number of aliphatic hydroxyl groups excluding tert-OH is 1. The Labute approximate surface area is 104 Å². The highest BCUT2D eigenvalue weighted by Gasteiger charge is 2.18. The normalized spacial score (nSPS) is 18.1. The molecule has 5 nitrogen and oxygen atoms in total. The molecule has 0 atom stereocenters. The zero-order chi connectivity index (χ0) is 12.7. The van der Waals surface area contributed by atoms with Gasteiger partial charge in [-0.3, -0.25) is 0 Å². The van der Waals surface area contributed by atoms with Crippen LogP contribution in [0.3, 0.4) is 0 Å². The molecule has 1 rings (SSSR count). The van der Waals surface area contributed by atoms with Crippen LogP contribution in [-0.2, 0) is 10.2 Å². The molecule has 0 spiro atoms. The van der Waals surface area contributed by atoms with Crippen LogP contribution in [0.2, 0.25) is 0 Å². The minimum absolute atomic E-state index is 0.0158. The maximum Gasteiger partial charge on any atom is 0.279 e. The van der Waals surface area contributed by atoms with Crippen molar-refractivity contribution in [2.24, 2.45) is 5.92 Å². The molecule has 102 valence electrons. The Bertz CT molecular complexity index is 300. The fourth-order valence-electron chi connectivity index (χ4n) is 2.21. The average Bonchev–Trinajstić information content (AvgIpc) is 2.78. The molecule has 1 aliphatic carbocycles. The molecule has 0 aromatic rings. The van der Waals surface area contributed by atoms with Gasteiger partial charge in [0.1, 0.15) is 0 Å². The summed E-state index contributed by atoms with van der Waals surface area (Å²) < 4.78 is 27.4. The van der Waals surface area contributed by atoms with E-state index in [2.05, 4.69) is 4.72 Å². The van der Waals surface area contributed by atoms with Gasteiger partial charge in [0.15, 0.2) is 0 Å². The van der Waals surface area contributed by atoms with Crippen molar-refractivity contribution in [3.63, 3.8) is 0 Å². The van der Waals surface area contributed by atoms with Gasteiger partial charge in [0, 0.05) is 26.7 Å². The van der Waals surface area contributed by atoms with E-state index in [0.29, 0.717) is 25.4 Å². The van der Waals surface area contributed by atoms with Crippen LogP contribution in [0.15, 0.2) is 0 Å². The Morgan fingerprint density at radius 2 is 2.00 bits per heavy atom. The summed E-state index contributed by atoms with van der Waals surface area (Å²) in [5, 5.41) is 8.66. The number of rotatable bonds is 8. The van der Waals surface area contributed by atoms with Crippen LogP contribution >= 0.6 is 0 Å². The SMILES string of the molecule is CN(CCCO)S(=O)(=O)NCCC1CCCC1. The maximum absolute atomic E-state index is 11.7. The fourth-order valence-corrected chi connectivity index (χ4v) is 3.18. The third-order valence-corrected chi connectivity index (χ3v) is 4.93. The number of nitrogens with zero attached hydrogens (tertiary/aromatic N) is 1. The van der Waals surface area contributed by atoms with E-state index >= 15 is 0 Å². The second kappa shape index (κ2) is 7.31. The van der Waals surface area contributed by atoms with E-state index in [-0.39, 0.29) is 6.61 Å². The van der Waals surface area contributed by atoms with Crippen molar-refractivity contribution in [1.29, 1.82) is 0 Å². The molecule has 2 N–H and O–H groups in total. The van der Waals surface area contributed by atoms with Gasteiger partial charge in [0.25, 0.3) is 10.2 Å². The first-order valence-electron chi connectivity index (χ1n) is 6.38. The molecular weight excluding hydrogens is 240 g/mol. The highest BCUT2D eigenvalue weighted by atomic mass is 32.2. The molecule has 0 radical (unpaired) electrons. The van der Waals surface area contributed by atoms with Crippen LogP contribution in [0, 0.1) is 5.92 Å². The quantitative estimate of drug-likeness (QED) is 0.678. The van der Waals surface area contributed by atoms with Crippen molar-refractivity contribution in [2.75, 3.05) is 26.7 Å². The lowest BCUT2D eigenvalue weighted by atomic mass is 10.1. The minimum atomic E-state index is -3.35. The van der Waals surface area contributed by atoms with Gasteiger partial charge in [0.05, 0.1) is 0 Å². The molecule has 6 heteroatoms. The number of hydrogen-bond donors (Lipinski definition) is 2. The molecule has 0 amide bonds. The van der Waals surface area contributed by atoms with Gasteiger partial charge < -0.3 is 5.11 Å². The summed E-state index contributed by atoms with van der Waals surface area (Å²) in [5.41, 5.74) is 0. The van der Waals surface area contributed by atoms with Gasteiger partial charge in [-0.25, -0.2) is 4.72 Å². The monoisotopic (exact) mass is 264 g/mol. The molecule has 1 saturated carbocycles. The Morgan fingerprint density at radius 1 is 1.35 bits per heavy atom. The van der Waals surface area contributed by atoms with Crippen LogP contribution in [0.4, 0.5) is 0 Å². The van der Waals surface area contributed by atoms with E-state index < -0.39 is 10.2 Å². The topological polar surface area (TPSA) is 69.6 Å². The summed E-state index contributed by atoms with van der Waals surface area (Å²) in [5.74, 6) is 0.695. The molecule has 0 aromatic carbocycles. The molecule has 1 aliphatic rings. The van der Waals surface area contributed by atoms with Crippen LogP contribution in [0.25, 0.3) is 0 Å². The maximum atomic E-state index is 11.7. The summed E-state index contributed by atoms with van der Waals surface area (Å²) in [7, 11) is -1.82. The van der Waals surface area contributed by atoms with Crippen LogP contribution in [-0.4, -0.2) is 44.6 Å². The third kappa shape index (κ3) is 5.33. The first-order valence-corrected chi connectivity index (χ1v) is 7.82. The van der Waals surface area contributed by atoms with Gasteiger partial charge >= 0.3 is 0 Å². The van der Waals surface area contributed by atoms with Crippen molar-refractivity contribution < 1.29 is 13.5 Å². The number of nitrogens with one attached hydrogen (secondary N) is 1. The van der Waals surface area contributed by atoms with Gasteiger partial charge in [-0.15, -0.1) is 0 Å². The molecule has 0 saturated heterocycles. The fraction of sp³-hybridized carbons (Fsp3) is 1.00. The number of hydrogen-bond acceptors (Lipinski definition) is 3. The molecule has 0 unspecified atom stereocenters. The summed E-state index contributed by atoms with van der Waals surface area (Å²) in [4.78, 5) is 0. The van der Waals surface area contributed by atoms with Gasteiger partial charge in [-0.05, 0) is 18.8 Å². The Kier molecular flexibility index (Phi) is 6.40. The third-order valence-electron chi connectivity index (χ3n) is 3.35. The van der Waals surface area contributed by atoms with Crippen molar-refractivity contribution in [3.05, 3.63) is 0 Å². The van der Waals surface area contributed by atoms with E-state index in [4.69, 9.17) is 5.11 Å². The van der Waals surface area contributed by atoms with Crippen molar-refractivity contribution in [1.82, 2.24) is 9.03 Å². The zero-order valence-electron chi connectivity index (χ0n) is 10.6. The zero-order valence-corrected chi connectivity index (χ0v) is 11.4. The molecule has 1 fully saturated rings. The van der Waals surface area contributed by atoms with E-state index in [0.717, 1.165) is 6.42 Å². The lowest BCUT2D eigenvalue weighted by Gasteiger charge is -2.18. The molecule has 17 heavy (non-hydrogen) atoms. The van der Waals surface area contributed by atoms with Crippen molar-refractivity contribution in [2.45, 2.75) is 38.5 Å². The Hall–Kier alpha value is -0.170. The summed E-state index contributed by atoms with van der Waals surface area (Å²) in [6.07, 6.45) is 6.46. The Balaban J connectivity index is 2.23. The molecule has 0 aliphatic heterocycles. The first-order chi connectivity index (χ1) is 8.06. The predicted octanol–water partition coefficient (Wildman–Crippen LogP) is 0.715.